The quantitative estimate of drug-likeness (QED) is 0.0772. The number of aliphatic hydroxyl groups is 1. The molecule has 2 amide bonds. The van der Waals surface area contributed by atoms with E-state index < -0.39 is 47.7 Å². The van der Waals surface area contributed by atoms with Crippen LogP contribution in [0.2, 0.25) is 6.32 Å². The summed E-state index contributed by atoms with van der Waals surface area (Å²) in [5.41, 5.74) is 5.75. The molecule has 2 aliphatic heterocycles. The predicted octanol–water partition coefficient (Wildman–Crippen LogP) is 5.23. The van der Waals surface area contributed by atoms with Crippen LogP contribution >= 0.6 is 0 Å². The first-order chi connectivity index (χ1) is 22.1. The highest BCUT2D eigenvalue weighted by atomic mass is 16.6. The molecule has 4 atom stereocenters. The average Bonchev–Trinajstić information content (AvgIpc) is 3.30. The van der Waals surface area contributed by atoms with Crippen LogP contribution in [-0.4, -0.2) is 51.8 Å². The lowest BCUT2D eigenvalue weighted by Gasteiger charge is -2.43. The van der Waals surface area contributed by atoms with Crippen LogP contribution in [-0.2, 0) is 14.2 Å². The molecule has 46 heavy (non-hydrogen) atoms. The second-order valence-electron chi connectivity index (χ2n) is 12.3. The van der Waals surface area contributed by atoms with Gasteiger partial charge in [-0.1, -0.05) is 42.5 Å². The maximum atomic E-state index is 13.9. The lowest BCUT2D eigenvalue weighted by atomic mass is 9.58. The van der Waals surface area contributed by atoms with E-state index in [0.717, 1.165) is 38.3 Å². The number of carbonyl (C=O) groups excluding carboxylic acids is 2. The summed E-state index contributed by atoms with van der Waals surface area (Å²) in [6.07, 6.45) is 2.69. The molecule has 6 rings (SSSR count). The minimum Gasteiger partial charge on any atom is -0.507 e. The van der Waals surface area contributed by atoms with Gasteiger partial charge in [0.25, 0.3) is 5.69 Å². The number of rotatable bonds is 8. The number of hydrogen-bond acceptors (Lipinski definition) is 8. The van der Waals surface area contributed by atoms with Gasteiger partial charge >= 0.3 is 7.12 Å². The van der Waals surface area contributed by atoms with Gasteiger partial charge in [0.2, 0.25) is 11.8 Å². The lowest BCUT2D eigenvalue weighted by Crippen LogP contribution is -2.46. The number of fused-ring (bicyclic) bond motifs is 3. The molecule has 3 aromatic rings. The number of aryl methyl sites for hydroxylation is 2. The van der Waals surface area contributed by atoms with Crippen molar-refractivity contribution in [2.75, 3.05) is 11.5 Å². The van der Waals surface area contributed by atoms with Crippen LogP contribution in [0.4, 0.5) is 11.4 Å². The van der Waals surface area contributed by atoms with Crippen LogP contribution in [0.5, 0.6) is 5.75 Å². The summed E-state index contributed by atoms with van der Waals surface area (Å²) in [5, 5.41) is 43.1. The van der Waals surface area contributed by atoms with Gasteiger partial charge in [-0.15, -0.1) is 0 Å². The molecular formula is C35H35BN2O8. The topological polar surface area (TPSA) is 150 Å². The smallest absolute Gasteiger partial charge is 0.455 e. The standard InChI is InChI=1S/C35H35BN2O8/c1-20-13-22(14-21(2)33(20)40)15-24(23-7-4-3-5-8-23)11-12-30-31-25(19-39)16-28-32(29(31)18-36(43)46-30)35(42)37(34(28)41)26-9-6-10-27(17-26)38(44)45/h3-10,13-15,17,28-30,32,39-40,43H,11-12,16,18-19H2,1-2H3/b24-15-/t28-,29+,30-,32-/m1/s1. The summed E-state index contributed by atoms with van der Waals surface area (Å²) >= 11 is 0. The molecule has 0 saturated carbocycles. The second kappa shape index (κ2) is 12.7. The first-order valence-corrected chi connectivity index (χ1v) is 15.4. The van der Waals surface area contributed by atoms with E-state index in [9.17, 15) is 34.9 Å². The van der Waals surface area contributed by atoms with Crippen LogP contribution in [0.3, 0.4) is 0 Å². The number of hydrogen-bond donors (Lipinski definition) is 3. The summed E-state index contributed by atoms with van der Waals surface area (Å²) in [4.78, 5) is 39.4. The van der Waals surface area contributed by atoms with E-state index in [4.69, 9.17) is 4.65 Å². The molecule has 0 spiro atoms. The van der Waals surface area contributed by atoms with Gasteiger partial charge in [-0.2, -0.15) is 0 Å². The molecule has 1 aliphatic carbocycles. The Labute approximate surface area is 266 Å². The molecular weight excluding hydrogens is 587 g/mol. The normalized spacial score (nSPS) is 23.1. The molecule has 0 aromatic heterocycles. The van der Waals surface area contributed by atoms with E-state index in [0.29, 0.717) is 18.4 Å². The van der Waals surface area contributed by atoms with E-state index in [1.54, 1.807) is 0 Å². The fourth-order valence-electron chi connectivity index (χ4n) is 7.42. The van der Waals surface area contributed by atoms with Crippen molar-refractivity contribution in [3.63, 3.8) is 0 Å². The Morgan fingerprint density at radius 1 is 1.04 bits per heavy atom. The Hall–Kier alpha value is -4.58. The second-order valence-corrected chi connectivity index (χ2v) is 12.3. The third-order valence-corrected chi connectivity index (χ3v) is 9.47. The van der Waals surface area contributed by atoms with E-state index in [1.165, 1.54) is 24.3 Å². The van der Waals surface area contributed by atoms with Crippen molar-refractivity contribution in [1.29, 1.82) is 0 Å². The third-order valence-electron chi connectivity index (χ3n) is 9.47. The van der Waals surface area contributed by atoms with Crippen molar-refractivity contribution in [1.82, 2.24) is 0 Å². The Morgan fingerprint density at radius 2 is 1.76 bits per heavy atom. The van der Waals surface area contributed by atoms with Gasteiger partial charge in [-0.3, -0.25) is 19.7 Å². The summed E-state index contributed by atoms with van der Waals surface area (Å²) in [6, 6.07) is 19.2. The number of non-ortho nitro benzene ring substituents is 1. The number of allylic oxidation sites excluding steroid dienone is 1. The number of imide groups is 1. The summed E-state index contributed by atoms with van der Waals surface area (Å²) in [5.74, 6) is -2.75. The number of nitrogens with zero attached hydrogens (tertiary/aromatic N) is 2. The van der Waals surface area contributed by atoms with E-state index in [-0.39, 0.29) is 36.5 Å². The molecule has 2 heterocycles. The Kier molecular flexibility index (Phi) is 8.65. The molecule has 3 aliphatic rings. The highest BCUT2D eigenvalue weighted by Crippen LogP contribution is 2.51. The van der Waals surface area contributed by atoms with Crippen molar-refractivity contribution < 1.29 is 34.4 Å². The zero-order valence-electron chi connectivity index (χ0n) is 25.6. The number of anilines is 1. The number of amides is 2. The van der Waals surface area contributed by atoms with E-state index in [1.807, 2.05) is 56.3 Å². The minimum atomic E-state index is -1.18. The molecule has 3 N–H and O–H groups in total. The van der Waals surface area contributed by atoms with Crippen LogP contribution in [0.15, 0.2) is 77.9 Å². The predicted molar refractivity (Wildman–Crippen MR) is 174 cm³/mol. The molecule has 3 aromatic carbocycles. The van der Waals surface area contributed by atoms with E-state index in [2.05, 4.69) is 6.08 Å². The highest BCUT2D eigenvalue weighted by Gasteiger charge is 2.57. The number of phenolic OH excluding ortho intramolecular Hbond substituents is 1. The van der Waals surface area contributed by atoms with Crippen molar-refractivity contribution in [2.45, 2.75) is 45.5 Å². The zero-order chi connectivity index (χ0) is 32.7. The van der Waals surface area contributed by atoms with Crippen LogP contribution in [0.25, 0.3) is 11.6 Å². The molecule has 0 unspecified atom stereocenters. The van der Waals surface area contributed by atoms with Gasteiger partial charge in [0.15, 0.2) is 0 Å². The van der Waals surface area contributed by atoms with Crippen molar-refractivity contribution in [3.05, 3.63) is 110 Å². The molecule has 10 nitrogen and oxygen atoms in total. The van der Waals surface area contributed by atoms with Crippen LogP contribution < -0.4 is 4.90 Å². The van der Waals surface area contributed by atoms with Gasteiger partial charge in [-0.05, 0) is 103 Å². The van der Waals surface area contributed by atoms with Gasteiger partial charge < -0.3 is 19.9 Å². The first-order valence-electron chi connectivity index (χ1n) is 15.4. The van der Waals surface area contributed by atoms with Gasteiger partial charge in [0.1, 0.15) is 5.75 Å². The number of nitro groups is 1. The maximum Gasteiger partial charge on any atom is 0.455 e. The number of nitro benzene ring substituents is 1. The van der Waals surface area contributed by atoms with Gasteiger partial charge in [0, 0.05) is 12.1 Å². The molecule has 236 valence electrons. The summed E-state index contributed by atoms with van der Waals surface area (Å²) in [7, 11) is -1.18. The molecule has 2 saturated heterocycles. The van der Waals surface area contributed by atoms with Crippen LogP contribution in [0, 0.1) is 41.7 Å². The number of phenols is 1. The minimum absolute atomic E-state index is 0.0890. The van der Waals surface area contributed by atoms with Gasteiger partial charge in [-0.25, -0.2) is 4.90 Å². The summed E-state index contributed by atoms with van der Waals surface area (Å²) < 4.78 is 6.08. The molecule has 2 fully saturated rings. The summed E-state index contributed by atoms with van der Waals surface area (Å²) in [6.45, 7) is 3.39. The Balaban J connectivity index is 1.32. The third kappa shape index (κ3) is 5.77. The SMILES string of the molecule is Cc1cc(/C=C(/CC[C@H]2OB(O)C[C@H]3C2=C(CO)C[C@H]2C(=O)N(c4cccc([N+](=O)[O-])c4)C(=O)[C@H]23)c2ccccc2)cc(C)c1O. The zero-order valence-corrected chi connectivity index (χ0v) is 25.6. The van der Waals surface area contributed by atoms with Crippen LogP contribution in [0.1, 0.15) is 41.5 Å². The highest BCUT2D eigenvalue weighted by molar-refractivity contribution is 6.43. The number of aromatic hydroxyl groups is 1. The average molecular weight is 622 g/mol. The largest absolute Gasteiger partial charge is 0.507 e. The monoisotopic (exact) mass is 622 g/mol. The molecule has 0 bridgehead atoms. The fraction of sp³-hybridized carbons (Fsp3) is 0.314. The van der Waals surface area contributed by atoms with Crippen molar-refractivity contribution >= 4 is 42.0 Å². The maximum absolute atomic E-state index is 13.9. The fourth-order valence-corrected chi connectivity index (χ4v) is 7.42. The Bertz CT molecular complexity index is 1750. The van der Waals surface area contributed by atoms with Crippen molar-refractivity contribution in [2.24, 2.45) is 17.8 Å². The molecule has 11 heteroatoms. The van der Waals surface area contributed by atoms with E-state index >= 15 is 0 Å². The van der Waals surface area contributed by atoms with Gasteiger partial charge in [0.05, 0.1) is 35.2 Å². The van der Waals surface area contributed by atoms with Crippen molar-refractivity contribution in [3.8, 4) is 5.75 Å². The lowest BCUT2D eigenvalue weighted by molar-refractivity contribution is -0.384. The number of carbonyl (C=O) groups is 2. The number of benzene rings is 3. The number of aliphatic hydroxyl groups excluding tert-OH is 1. The first kappa shape index (κ1) is 31.4. The Morgan fingerprint density at radius 3 is 2.43 bits per heavy atom. The molecule has 0 radical (unpaired) electrons.